The summed E-state index contributed by atoms with van der Waals surface area (Å²) in [5.41, 5.74) is 5.60. The standard InChI is InChI=1S/C16H30N2O3/c1-2-4-12(9-10-17)7-8-15(19)18-14-6-3-5-13(11-14)16(20)21/h12-14H,2-11,17H2,1H3,(H,18,19)(H,20,21). The van der Waals surface area contributed by atoms with E-state index in [9.17, 15) is 9.59 Å². The van der Waals surface area contributed by atoms with Crippen molar-refractivity contribution in [1.82, 2.24) is 5.32 Å². The van der Waals surface area contributed by atoms with E-state index in [1.807, 2.05) is 0 Å². The Bertz CT molecular complexity index is 327. The average Bonchev–Trinajstić information content (AvgIpc) is 2.45. The zero-order valence-corrected chi connectivity index (χ0v) is 13.1. The summed E-state index contributed by atoms with van der Waals surface area (Å²) in [6.45, 7) is 2.83. The molecule has 21 heavy (non-hydrogen) atoms. The molecule has 0 spiro atoms. The Balaban J connectivity index is 2.30. The normalized spacial score (nSPS) is 23.5. The molecule has 0 aromatic rings. The van der Waals surface area contributed by atoms with Crippen LogP contribution in [0.2, 0.25) is 0 Å². The van der Waals surface area contributed by atoms with E-state index in [0.29, 0.717) is 25.3 Å². The number of amides is 1. The minimum atomic E-state index is -0.736. The number of rotatable bonds is 9. The predicted octanol–water partition coefficient (Wildman–Crippen LogP) is 2.29. The van der Waals surface area contributed by atoms with E-state index >= 15 is 0 Å². The van der Waals surface area contributed by atoms with Crippen LogP contribution in [0.1, 0.15) is 64.7 Å². The fourth-order valence-electron chi connectivity index (χ4n) is 3.26. The van der Waals surface area contributed by atoms with Gasteiger partial charge in [-0.2, -0.15) is 0 Å². The summed E-state index contributed by atoms with van der Waals surface area (Å²) in [6, 6.07) is 0.0338. The molecular formula is C16H30N2O3. The van der Waals surface area contributed by atoms with Gasteiger partial charge in [-0.05, 0) is 44.6 Å². The highest BCUT2D eigenvalue weighted by atomic mass is 16.4. The van der Waals surface area contributed by atoms with Crippen molar-refractivity contribution in [2.45, 2.75) is 70.8 Å². The number of aliphatic carboxylic acids is 1. The van der Waals surface area contributed by atoms with Crippen molar-refractivity contribution in [3.8, 4) is 0 Å². The smallest absolute Gasteiger partial charge is 0.306 e. The largest absolute Gasteiger partial charge is 0.481 e. The molecule has 0 aliphatic heterocycles. The third kappa shape index (κ3) is 6.93. The highest BCUT2D eigenvalue weighted by Crippen LogP contribution is 2.24. The van der Waals surface area contributed by atoms with E-state index in [1.165, 1.54) is 0 Å². The zero-order chi connectivity index (χ0) is 15.7. The van der Waals surface area contributed by atoms with Crippen LogP contribution in [0.5, 0.6) is 0 Å². The molecule has 122 valence electrons. The minimum absolute atomic E-state index is 0.0338. The van der Waals surface area contributed by atoms with E-state index < -0.39 is 5.97 Å². The number of nitrogens with one attached hydrogen (secondary N) is 1. The molecule has 0 heterocycles. The Morgan fingerprint density at radius 2 is 2.05 bits per heavy atom. The molecule has 0 aromatic heterocycles. The van der Waals surface area contributed by atoms with E-state index in [1.54, 1.807) is 0 Å². The van der Waals surface area contributed by atoms with Gasteiger partial charge in [0.2, 0.25) is 5.91 Å². The summed E-state index contributed by atoms with van der Waals surface area (Å²) < 4.78 is 0. The molecule has 4 N–H and O–H groups in total. The van der Waals surface area contributed by atoms with Crippen LogP contribution in [0.25, 0.3) is 0 Å². The van der Waals surface area contributed by atoms with Gasteiger partial charge < -0.3 is 16.2 Å². The molecule has 1 saturated carbocycles. The van der Waals surface area contributed by atoms with Crippen LogP contribution in [-0.4, -0.2) is 29.6 Å². The maximum atomic E-state index is 12.0. The monoisotopic (exact) mass is 298 g/mol. The van der Waals surface area contributed by atoms with Crippen LogP contribution >= 0.6 is 0 Å². The highest BCUT2D eigenvalue weighted by molar-refractivity contribution is 5.76. The second-order valence-corrected chi connectivity index (χ2v) is 6.24. The lowest BCUT2D eigenvalue weighted by atomic mass is 9.85. The molecule has 3 unspecified atom stereocenters. The maximum Gasteiger partial charge on any atom is 0.306 e. The van der Waals surface area contributed by atoms with Crippen molar-refractivity contribution in [2.75, 3.05) is 6.54 Å². The lowest BCUT2D eigenvalue weighted by Crippen LogP contribution is -2.40. The van der Waals surface area contributed by atoms with Gasteiger partial charge in [0.05, 0.1) is 5.92 Å². The molecule has 1 rings (SSSR count). The summed E-state index contributed by atoms with van der Waals surface area (Å²) >= 11 is 0. The first-order valence-electron chi connectivity index (χ1n) is 8.29. The number of carbonyl (C=O) groups excluding carboxylic acids is 1. The lowest BCUT2D eigenvalue weighted by Gasteiger charge is -2.27. The van der Waals surface area contributed by atoms with Crippen LogP contribution in [0.4, 0.5) is 0 Å². The van der Waals surface area contributed by atoms with E-state index in [2.05, 4.69) is 12.2 Å². The van der Waals surface area contributed by atoms with Gasteiger partial charge in [-0.15, -0.1) is 0 Å². The van der Waals surface area contributed by atoms with Crippen molar-refractivity contribution < 1.29 is 14.7 Å². The van der Waals surface area contributed by atoms with Gasteiger partial charge in [-0.1, -0.05) is 26.2 Å². The second kappa shape index (κ2) is 9.77. The predicted molar refractivity (Wildman–Crippen MR) is 82.8 cm³/mol. The van der Waals surface area contributed by atoms with Gasteiger partial charge in [-0.25, -0.2) is 0 Å². The molecule has 0 aromatic carbocycles. The number of hydrogen-bond acceptors (Lipinski definition) is 3. The third-order valence-corrected chi connectivity index (χ3v) is 4.44. The summed E-state index contributed by atoms with van der Waals surface area (Å²) in [7, 11) is 0. The fraction of sp³-hybridized carbons (Fsp3) is 0.875. The second-order valence-electron chi connectivity index (χ2n) is 6.24. The van der Waals surface area contributed by atoms with E-state index in [-0.39, 0.29) is 17.9 Å². The minimum Gasteiger partial charge on any atom is -0.481 e. The number of carboxylic acids is 1. The molecule has 5 heteroatoms. The molecule has 0 bridgehead atoms. The first kappa shape index (κ1) is 18.0. The van der Waals surface area contributed by atoms with E-state index in [4.69, 9.17) is 10.8 Å². The van der Waals surface area contributed by atoms with Crippen LogP contribution in [-0.2, 0) is 9.59 Å². The Kier molecular flexibility index (Phi) is 8.35. The van der Waals surface area contributed by atoms with Crippen molar-refractivity contribution >= 4 is 11.9 Å². The van der Waals surface area contributed by atoms with Crippen LogP contribution in [0, 0.1) is 11.8 Å². The molecular weight excluding hydrogens is 268 g/mol. The van der Waals surface area contributed by atoms with Gasteiger partial charge >= 0.3 is 5.97 Å². The van der Waals surface area contributed by atoms with Crippen LogP contribution in [0.15, 0.2) is 0 Å². The first-order chi connectivity index (χ1) is 10.1. The number of nitrogens with two attached hydrogens (primary N) is 1. The van der Waals surface area contributed by atoms with Gasteiger partial charge in [0.1, 0.15) is 0 Å². The molecule has 0 radical (unpaired) electrons. The third-order valence-electron chi connectivity index (χ3n) is 4.44. The Morgan fingerprint density at radius 3 is 2.67 bits per heavy atom. The summed E-state index contributed by atoms with van der Waals surface area (Å²) in [4.78, 5) is 23.0. The number of carbonyl (C=O) groups is 2. The quantitative estimate of drug-likeness (QED) is 0.609. The lowest BCUT2D eigenvalue weighted by molar-refractivity contribution is -0.143. The molecule has 1 amide bonds. The average molecular weight is 298 g/mol. The fourth-order valence-corrected chi connectivity index (χ4v) is 3.26. The molecule has 3 atom stereocenters. The summed E-state index contributed by atoms with van der Waals surface area (Å²) in [5.74, 6) is -0.443. The summed E-state index contributed by atoms with van der Waals surface area (Å²) in [5, 5.41) is 12.1. The highest BCUT2D eigenvalue weighted by Gasteiger charge is 2.27. The molecule has 0 saturated heterocycles. The van der Waals surface area contributed by atoms with Gasteiger partial charge in [0, 0.05) is 12.5 Å². The van der Waals surface area contributed by atoms with Crippen molar-refractivity contribution in [3.05, 3.63) is 0 Å². The van der Waals surface area contributed by atoms with Crippen molar-refractivity contribution in [2.24, 2.45) is 17.6 Å². The topological polar surface area (TPSA) is 92.4 Å². The maximum absolute atomic E-state index is 12.0. The van der Waals surface area contributed by atoms with Crippen LogP contribution in [0.3, 0.4) is 0 Å². The summed E-state index contributed by atoms with van der Waals surface area (Å²) in [6.07, 6.45) is 7.71. The zero-order valence-electron chi connectivity index (χ0n) is 13.1. The first-order valence-corrected chi connectivity index (χ1v) is 8.29. The van der Waals surface area contributed by atoms with Crippen LogP contribution < -0.4 is 11.1 Å². The van der Waals surface area contributed by atoms with Gasteiger partial charge in [0.15, 0.2) is 0 Å². The molecule has 1 aliphatic carbocycles. The number of hydrogen-bond donors (Lipinski definition) is 3. The van der Waals surface area contributed by atoms with Gasteiger partial charge in [0.25, 0.3) is 0 Å². The van der Waals surface area contributed by atoms with Crippen molar-refractivity contribution in [3.63, 3.8) is 0 Å². The van der Waals surface area contributed by atoms with Crippen molar-refractivity contribution in [1.29, 1.82) is 0 Å². The molecule has 5 nitrogen and oxygen atoms in total. The Hall–Kier alpha value is -1.10. The van der Waals surface area contributed by atoms with E-state index in [0.717, 1.165) is 44.9 Å². The molecule has 1 fully saturated rings. The Morgan fingerprint density at radius 1 is 1.29 bits per heavy atom. The number of carboxylic acid groups (broad SMARTS) is 1. The SMILES string of the molecule is CCCC(CCN)CCC(=O)NC1CCCC(C(=O)O)C1. The Labute approximate surface area is 127 Å². The molecule has 1 aliphatic rings. The van der Waals surface area contributed by atoms with Gasteiger partial charge in [-0.3, -0.25) is 9.59 Å².